The maximum atomic E-state index is 12.2. The highest BCUT2D eigenvalue weighted by molar-refractivity contribution is 7.13. The summed E-state index contributed by atoms with van der Waals surface area (Å²) in [5.74, 6) is 0. The van der Waals surface area contributed by atoms with Crippen LogP contribution in [-0.4, -0.2) is 33.6 Å². The van der Waals surface area contributed by atoms with Crippen LogP contribution in [0.15, 0.2) is 48.0 Å². The Morgan fingerprint density at radius 3 is 2.57 bits per heavy atom. The van der Waals surface area contributed by atoms with E-state index in [1.165, 1.54) is 16.2 Å². The molecular weight excluding hydrogens is 372 g/mol. The Kier molecular flexibility index (Phi) is 5.65. The molecule has 7 heteroatoms. The number of carbonyl (C=O) groups excluding carboxylic acids is 1. The quantitative estimate of drug-likeness (QED) is 0.684. The smallest absolute Gasteiger partial charge is 0.410 e. The van der Waals surface area contributed by atoms with Crippen molar-refractivity contribution in [3.63, 3.8) is 0 Å². The van der Waals surface area contributed by atoms with E-state index in [-0.39, 0.29) is 6.09 Å². The fraction of sp³-hybridized carbons (Fsp3) is 0.286. The van der Waals surface area contributed by atoms with Crippen LogP contribution in [-0.2, 0) is 11.3 Å². The second-order valence-electron chi connectivity index (χ2n) is 7.52. The van der Waals surface area contributed by atoms with Crippen LogP contribution in [0.1, 0.15) is 26.5 Å². The number of nitrogen functional groups attached to an aromatic ring is 1. The van der Waals surface area contributed by atoms with E-state index in [0.29, 0.717) is 11.7 Å². The molecule has 0 aliphatic heterocycles. The van der Waals surface area contributed by atoms with Crippen LogP contribution in [0.4, 0.5) is 9.93 Å². The molecule has 2 aromatic heterocycles. The zero-order chi connectivity index (χ0) is 20.3. The van der Waals surface area contributed by atoms with E-state index in [2.05, 4.69) is 16.0 Å². The van der Waals surface area contributed by atoms with Crippen LogP contribution in [0.5, 0.6) is 0 Å². The van der Waals surface area contributed by atoms with E-state index in [0.717, 1.165) is 28.1 Å². The topological polar surface area (TPSA) is 81.3 Å². The van der Waals surface area contributed by atoms with Crippen molar-refractivity contribution in [1.29, 1.82) is 0 Å². The third kappa shape index (κ3) is 5.07. The van der Waals surface area contributed by atoms with Gasteiger partial charge in [0.1, 0.15) is 5.60 Å². The number of amides is 1. The molecule has 0 atom stereocenters. The van der Waals surface area contributed by atoms with E-state index in [9.17, 15) is 4.79 Å². The fourth-order valence-corrected chi connectivity index (χ4v) is 3.24. The first-order valence-electron chi connectivity index (χ1n) is 8.92. The first kappa shape index (κ1) is 19.8. The lowest BCUT2D eigenvalue weighted by Crippen LogP contribution is -2.34. The Balaban J connectivity index is 1.79. The van der Waals surface area contributed by atoms with E-state index < -0.39 is 5.60 Å². The van der Waals surface area contributed by atoms with Crippen LogP contribution in [0, 0.1) is 0 Å². The Bertz CT molecular complexity index is 978. The second kappa shape index (κ2) is 7.98. The van der Waals surface area contributed by atoms with Gasteiger partial charge >= 0.3 is 6.09 Å². The summed E-state index contributed by atoms with van der Waals surface area (Å²) in [6.07, 6.45) is 1.38. The van der Waals surface area contributed by atoms with Crippen molar-refractivity contribution < 1.29 is 9.53 Å². The maximum absolute atomic E-state index is 12.2. The lowest BCUT2D eigenvalue weighted by Gasteiger charge is -2.24. The van der Waals surface area contributed by atoms with Gasteiger partial charge in [0.2, 0.25) is 0 Å². The molecule has 1 amide bonds. The predicted octanol–water partition coefficient (Wildman–Crippen LogP) is 4.82. The summed E-state index contributed by atoms with van der Waals surface area (Å²) in [4.78, 5) is 22.4. The van der Waals surface area contributed by atoms with Gasteiger partial charge in [-0.2, -0.15) is 0 Å². The van der Waals surface area contributed by atoms with E-state index in [4.69, 9.17) is 10.5 Å². The van der Waals surface area contributed by atoms with Gasteiger partial charge in [-0.05, 0) is 50.1 Å². The average molecular weight is 397 g/mol. The molecule has 0 radical (unpaired) electrons. The van der Waals surface area contributed by atoms with Crippen LogP contribution >= 0.6 is 11.3 Å². The Morgan fingerprint density at radius 1 is 1.18 bits per heavy atom. The molecule has 0 saturated heterocycles. The van der Waals surface area contributed by atoms with E-state index >= 15 is 0 Å². The summed E-state index contributed by atoms with van der Waals surface area (Å²) in [6.45, 7) is 5.91. The lowest BCUT2D eigenvalue weighted by molar-refractivity contribution is 0.0283. The molecule has 2 N–H and O–H groups in total. The monoisotopic (exact) mass is 396 g/mol. The van der Waals surface area contributed by atoms with Crippen molar-refractivity contribution in [2.24, 2.45) is 0 Å². The second-order valence-corrected chi connectivity index (χ2v) is 8.41. The minimum atomic E-state index is -0.528. The highest BCUT2D eigenvalue weighted by Crippen LogP contribution is 2.28. The number of thiazole rings is 1. The molecule has 0 saturated carbocycles. The molecule has 0 aliphatic carbocycles. The molecule has 0 unspecified atom stereocenters. The number of pyridine rings is 1. The number of benzene rings is 1. The van der Waals surface area contributed by atoms with Gasteiger partial charge < -0.3 is 15.4 Å². The highest BCUT2D eigenvalue weighted by Gasteiger charge is 2.20. The summed E-state index contributed by atoms with van der Waals surface area (Å²) in [5.41, 5.74) is 9.95. The molecule has 1 aromatic carbocycles. The van der Waals surface area contributed by atoms with Gasteiger partial charge in [-0.25, -0.2) is 9.78 Å². The molecule has 28 heavy (non-hydrogen) atoms. The number of anilines is 1. The molecule has 0 fully saturated rings. The minimum Gasteiger partial charge on any atom is -0.444 e. The molecule has 0 spiro atoms. The zero-order valence-electron chi connectivity index (χ0n) is 16.5. The van der Waals surface area contributed by atoms with Crippen LogP contribution in [0.2, 0.25) is 0 Å². The van der Waals surface area contributed by atoms with Gasteiger partial charge in [-0.3, -0.25) is 4.98 Å². The van der Waals surface area contributed by atoms with Crippen molar-refractivity contribution >= 4 is 22.6 Å². The summed E-state index contributed by atoms with van der Waals surface area (Å²) >= 11 is 1.42. The van der Waals surface area contributed by atoms with Gasteiger partial charge in [-0.15, -0.1) is 11.3 Å². The Morgan fingerprint density at radius 2 is 1.89 bits per heavy atom. The van der Waals surface area contributed by atoms with Crippen LogP contribution in [0.3, 0.4) is 0 Å². The largest absolute Gasteiger partial charge is 0.444 e. The number of nitrogens with zero attached hydrogens (tertiary/aromatic N) is 3. The highest BCUT2D eigenvalue weighted by atomic mass is 32.1. The van der Waals surface area contributed by atoms with Crippen molar-refractivity contribution in [2.75, 3.05) is 12.8 Å². The molecule has 0 aliphatic rings. The summed E-state index contributed by atoms with van der Waals surface area (Å²) in [7, 11) is 1.70. The van der Waals surface area contributed by atoms with Crippen LogP contribution < -0.4 is 5.73 Å². The average Bonchev–Trinajstić information content (AvgIpc) is 3.07. The summed E-state index contributed by atoms with van der Waals surface area (Å²) in [5, 5.41) is 2.50. The van der Waals surface area contributed by atoms with Crippen LogP contribution in [0.25, 0.3) is 22.4 Å². The molecular formula is C21H24N4O2S. The number of aromatic nitrogens is 2. The van der Waals surface area contributed by atoms with E-state index in [1.54, 1.807) is 13.2 Å². The van der Waals surface area contributed by atoms with Gasteiger partial charge in [0.15, 0.2) is 5.13 Å². The summed E-state index contributed by atoms with van der Waals surface area (Å²) in [6, 6.07) is 12.0. The van der Waals surface area contributed by atoms with Crippen molar-refractivity contribution in [3.05, 3.63) is 53.7 Å². The summed E-state index contributed by atoms with van der Waals surface area (Å²) < 4.78 is 5.40. The third-order valence-electron chi connectivity index (χ3n) is 3.93. The van der Waals surface area contributed by atoms with E-state index in [1.807, 2.05) is 56.5 Å². The number of hydrogen-bond acceptors (Lipinski definition) is 6. The SMILES string of the molecule is CN(Cc1cc(-c2cccc(-c3csc(N)n3)c2)ccn1)C(=O)OC(C)(C)C. The van der Waals surface area contributed by atoms with Crippen molar-refractivity contribution in [3.8, 4) is 22.4 Å². The predicted molar refractivity (Wildman–Crippen MR) is 113 cm³/mol. The number of rotatable bonds is 4. The maximum Gasteiger partial charge on any atom is 0.410 e. The first-order valence-corrected chi connectivity index (χ1v) is 9.80. The number of nitrogens with two attached hydrogens (primary N) is 1. The van der Waals surface area contributed by atoms with Gasteiger partial charge in [-0.1, -0.05) is 18.2 Å². The number of ether oxygens (including phenoxy) is 1. The first-order chi connectivity index (χ1) is 13.2. The van der Waals surface area contributed by atoms with Gasteiger partial charge in [0.25, 0.3) is 0 Å². The normalized spacial score (nSPS) is 11.3. The molecule has 2 heterocycles. The number of carbonyl (C=O) groups is 1. The Hall–Kier alpha value is -2.93. The molecule has 0 bridgehead atoms. The zero-order valence-corrected chi connectivity index (χ0v) is 17.3. The molecule has 146 valence electrons. The van der Waals surface area contributed by atoms with Gasteiger partial charge in [0.05, 0.1) is 17.9 Å². The lowest BCUT2D eigenvalue weighted by atomic mass is 10.0. The molecule has 3 aromatic rings. The third-order valence-corrected chi connectivity index (χ3v) is 4.61. The van der Waals surface area contributed by atoms with Crippen molar-refractivity contribution in [2.45, 2.75) is 32.9 Å². The standard InChI is InChI=1S/C21H24N4O2S/c1-21(2,3)27-20(26)25(4)12-17-11-15(8-9-23-17)14-6-5-7-16(10-14)18-13-28-19(22)24-18/h5-11,13H,12H2,1-4H3,(H2,22,24). The molecule has 3 rings (SSSR count). The fourth-order valence-electron chi connectivity index (χ4n) is 2.67. The molecule has 6 nitrogen and oxygen atoms in total. The van der Waals surface area contributed by atoms with Crippen molar-refractivity contribution in [1.82, 2.24) is 14.9 Å². The number of hydrogen-bond donors (Lipinski definition) is 1. The minimum absolute atomic E-state index is 0.366. The Labute approximate surface area is 169 Å². The van der Waals surface area contributed by atoms with Gasteiger partial charge in [0, 0.05) is 24.2 Å².